The van der Waals surface area contributed by atoms with Crippen LogP contribution in [0.25, 0.3) is 11.3 Å². The molecule has 1 fully saturated rings. The molecule has 5 nitrogen and oxygen atoms in total. The molecule has 3 rings (SSSR count). The van der Waals surface area contributed by atoms with E-state index < -0.39 is 0 Å². The minimum Gasteiger partial charge on any atom is -0.383 e. The normalized spacial score (nSPS) is 14.9. The topological polar surface area (TPSA) is 61.7 Å². The standard InChI is InChI=1S/C15H23N5/c1-4-8-20-14(16)13(17-15(20)10-6-7-10)11-9-19(3)18-12(11)5-2/h9-10H,4-8,16H2,1-3H3. The van der Waals surface area contributed by atoms with Gasteiger partial charge in [0.25, 0.3) is 0 Å². The third kappa shape index (κ3) is 2.11. The van der Waals surface area contributed by atoms with Crippen LogP contribution in [-0.4, -0.2) is 19.3 Å². The summed E-state index contributed by atoms with van der Waals surface area (Å²) in [5.41, 5.74) is 9.46. The van der Waals surface area contributed by atoms with Gasteiger partial charge in [-0.2, -0.15) is 5.10 Å². The third-order valence-corrected chi connectivity index (χ3v) is 3.92. The van der Waals surface area contributed by atoms with Crippen LogP contribution in [0.5, 0.6) is 0 Å². The molecule has 108 valence electrons. The summed E-state index contributed by atoms with van der Waals surface area (Å²) in [5, 5.41) is 4.50. The van der Waals surface area contributed by atoms with Crippen molar-refractivity contribution in [1.82, 2.24) is 19.3 Å². The molecule has 2 aromatic rings. The number of rotatable bonds is 5. The van der Waals surface area contributed by atoms with Crippen LogP contribution in [0.3, 0.4) is 0 Å². The Labute approximate surface area is 119 Å². The monoisotopic (exact) mass is 273 g/mol. The maximum absolute atomic E-state index is 6.38. The third-order valence-electron chi connectivity index (χ3n) is 3.92. The number of imidazole rings is 1. The van der Waals surface area contributed by atoms with Crippen LogP contribution in [0, 0.1) is 0 Å². The number of aromatic nitrogens is 4. The highest BCUT2D eigenvalue weighted by Gasteiger charge is 2.31. The lowest BCUT2D eigenvalue weighted by molar-refractivity contribution is 0.646. The maximum Gasteiger partial charge on any atom is 0.131 e. The second-order valence-electron chi connectivity index (χ2n) is 5.65. The van der Waals surface area contributed by atoms with Crippen molar-refractivity contribution in [3.8, 4) is 11.3 Å². The molecule has 2 heterocycles. The Hall–Kier alpha value is -1.78. The Morgan fingerprint density at radius 2 is 2.10 bits per heavy atom. The van der Waals surface area contributed by atoms with E-state index in [0.29, 0.717) is 5.92 Å². The van der Waals surface area contributed by atoms with Gasteiger partial charge in [-0.25, -0.2) is 4.98 Å². The van der Waals surface area contributed by atoms with Gasteiger partial charge in [-0.1, -0.05) is 13.8 Å². The predicted octanol–water partition coefficient (Wildman–Crippen LogP) is 2.72. The molecule has 5 heteroatoms. The van der Waals surface area contributed by atoms with E-state index in [-0.39, 0.29) is 0 Å². The molecule has 20 heavy (non-hydrogen) atoms. The summed E-state index contributed by atoms with van der Waals surface area (Å²) in [4.78, 5) is 4.87. The summed E-state index contributed by atoms with van der Waals surface area (Å²) in [7, 11) is 1.95. The maximum atomic E-state index is 6.38. The molecular weight excluding hydrogens is 250 g/mol. The van der Waals surface area contributed by atoms with Crippen LogP contribution in [0.1, 0.15) is 50.5 Å². The van der Waals surface area contributed by atoms with E-state index in [9.17, 15) is 0 Å². The second-order valence-corrected chi connectivity index (χ2v) is 5.65. The highest BCUT2D eigenvalue weighted by Crippen LogP contribution is 2.42. The van der Waals surface area contributed by atoms with Crippen molar-refractivity contribution in [3.05, 3.63) is 17.7 Å². The number of hydrogen-bond donors (Lipinski definition) is 1. The summed E-state index contributed by atoms with van der Waals surface area (Å²) in [6, 6.07) is 0. The van der Waals surface area contributed by atoms with E-state index in [0.717, 1.165) is 42.2 Å². The zero-order valence-electron chi connectivity index (χ0n) is 12.6. The molecule has 0 radical (unpaired) electrons. The Balaban J connectivity index is 2.11. The number of nitrogens with two attached hydrogens (primary N) is 1. The van der Waals surface area contributed by atoms with Gasteiger partial charge in [0.15, 0.2) is 0 Å². The smallest absolute Gasteiger partial charge is 0.131 e. The number of nitrogens with zero attached hydrogens (tertiary/aromatic N) is 4. The molecule has 0 saturated heterocycles. The molecule has 1 saturated carbocycles. The Bertz CT molecular complexity index is 618. The largest absolute Gasteiger partial charge is 0.383 e. The quantitative estimate of drug-likeness (QED) is 0.911. The number of nitrogen functional groups attached to an aromatic ring is 1. The lowest BCUT2D eigenvalue weighted by atomic mass is 10.1. The highest BCUT2D eigenvalue weighted by atomic mass is 15.3. The lowest BCUT2D eigenvalue weighted by Gasteiger charge is -2.07. The molecule has 0 amide bonds. The summed E-state index contributed by atoms with van der Waals surface area (Å²) in [5.74, 6) is 2.58. The summed E-state index contributed by atoms with van der Waals surface area (Å²) in [6.45, 7) is 5.25. The van der Waals surface area contributed by atoms with Crippen molar-refractivity contribution in [3.63, 3.8) is 0 Å². The summed E-state index contributed by atoms with van der Waals surface area (Å²) < 4.78 is 4.06. The van der Waals surface area contributed by atoms with E-state index in [1.807, 2.05) is 17.9 Å². The van der Waals surface area contributed by atoms with Crippen LogP contribution in [0.4, 0.5) is 5.82 Å². The SMILES string of the molecule is CCCn1c(C2CC2)nc(-c2cn(C)nc2CC)c1N. The molecule has 0 aliphatic heterocycles. The Kier molecular flexibility index (Phi) is 3.28. The van der Waals surface area contributed by atoms with Gasteiger partial charge >= 0.3 is 0 Å². The van der Waals surface area contributed by atoms with Gasteiger partial charge in [0, 0.05) is 31.3 Å². The van der Waals surface area contributed by atoms with E-state index in [1.165, 1.54) is 18.7 Å². The van der Waals surface area contributed by atoms with Gasteiger partial charge in [0.1, 0.15) is 17.3 Å². The molecule has 0 bridgehead atoms. The van der Waals surface area contributed by atoms with Crippen molar-refractivity contribution in [2.45, 2.75) is 52.0 Å². The van der Waals surface area contributed by atoms with Crippen LogP contribution in [0.15, 0.2) is 6.20 Å². The number of anilines is 1. The highest BCUT2D eigenvalue weighted by molar-refractivity contribution is 5.72. The molecule has 1 aliphatic carbocycles. The summed E-state index contributed by atoms with van der Waals surface area (Å²) in [6.07, 6.45) is 6.49. The Morgan fingerprint density at radius 3 is 2.70 bits per heavy atom. The van der Waals surface area contributed by atoms with E-state index >= 15 is 0 Å². The van der Waals surface area contributed by atoms with Gasteiger partial charge in [-0.15, -0.1) is 0 Å². The van der Waals surface area contributed by atoms with Gasteiger partial charge in [0.05, 0.1) is 5.69 Å². The van der Waals surface area contributed by atoms with Crippen molar-refractivity contribution < 1.29 is 0 Å². The predicted molar refractivity (Wildman–Crippen MR) is 80.5 cm³/mol. The molecule has 0 atom stereocenters. The van der Waals surface area contributed by atoms with E-state index in [4.69, 9.17) is 10.7 Å². The first kappa shape index (κ1) is 13.2. The van der Waals surface area contributed by atoms with Gasteiger partial charge in [-0.3, -0.25) is 4.68 Å². The van der Waals surface area contributed by atoms with Crippen molar-refractivity contribution in [1.29, 1.82) is 0 Å². The molecular formula is C15H23N5. The fraction of sp³-hybridized carbons (Fsp3) is 0.600. The minimum atomic E-state index is 0.611. The average Bonchev–Trinajstić information content (AvgIpc) is 3.13. The second kappa shape index (κ2) is 4.96. The van der Waals surface area contributed by atoms with Crippen LogP contribution < -0.4 is 5.73 Å². The molecule has 0 unspecified atom stereocenters. The average molecular weight is 273 g/mol. The first-order valence-corrected chi connectivity index (χ1v) is 7.54. The zero-order valence-corrected chi connectivity index (χ0v) is 12.6. The molecule has 0 spiro atoms. The first-order valence-electron chi connectivity index (χ1n) is 7.54. The molecule has 0 aromatic carbocycles. The number of hydrogen-bond acceptors (Lipinski definition) is 3. The first-order chi connectivity index (χ1) is 9.65. The van der Waals surface area contributed by atoms with Crippen molar-refractivity contribution in [2.75, 3.05) is 5.73 Å². The molecule has 2 aromatic heterocycles. The zero-order chi connectivity index (χ0) is 14.3. The van der Waals surface area contributed by atoms with Crippen LogP contribution in [0.2, 0.25) is 0 Å². The van der Waals surface area contributed by atoms with E-state index in [2.05, 4.69) is 23.5 Å². The van der Waals surface area contributed by atoms with Crippen molar-refractivity contribution >= 4 is 5.82 Å². The Morgan fingerprint density at radius 1 is 1.35 bits per heavy atom. The van der Waals surface area contributed by atoms with Gasteiger partial charge < -0.3 is 10.3 Å². The van der Waals surface area contributed by atoms with Gasteiger partial charge in [0.2, 0.25) is 0 Å². The fourth-order valence-corrected chi connectivity index (χ4v) is 2.79. The lowest BCUT2D eigenvalue weighted by Crippen LogP contribution is -2.06. The van der Waals surface area contributed by atoms with Crippen LogP contribution in [-0.2, 0) is 20.0 Å². The summed E-state index contributed by atoms with van der Waals surface area (Å²) >= 11 is 0. The van der Waals surface area contributed by atoms with Crippen LogP contribution >= 0.6 is 0 Å². The number of aryl methyl sites for hydroxylation is 2. The van der Waals surface area contributed by atoms with Gasteiger partial charge in [-0.05, 0) is 25.7 Å². The fourth-order valence-electron chi connectivity index (χ4n) is 2.79. The molecule has 1 aliphatic rings. The molecule has 2 N–H and O–H groups in total. The minimum absolute atomic E-state index is 0.611. The van der Waals surface area contributed by atoms with E-state index in [1.54, 1.807) is 0 Å². The van der Waals surface area contributed by atoms with Crippen molar-refractivity contribution in [2.24, 2.45) is 7.05 Å².